The molecule has 27 heavy (non-hydrogen) atoms. The number of nitrogens with zero attached hydrogens (tertiary/aromatic N) is 2. The summed E-state index contributed by atoms with van der Waals surface area (Å²) < 4.78 is 13.5. The van der Waals surface area contributed by atoms with Gasteiger partial charge in [-0.05, 0) is 49.7 Å². The Labute approximate surface area is 158 Å². The van der Waals surface area contributed by atoms with Crippen LogP contribution in [0.5, 0.6) is 0 Å². The molecule has 1 aliphatic rings. The highest BCUT2D eigenvalue weighted by Crippen LogP contribution is 2.31. The van der Waals surface area contributed by atoms with Crippen LogP contribution in [-0.2, 0) is 4.79 Å². The molecule has 0 radical (unpaired) electrons. The Hall–Kier alpha value is -2.82. The molecule has 1 unspecified atom stereocenters. The van der Waals surface area contributed by atoms with E-state index in [0.29, 0.717) is 13.1 Å². The summed E-state index contributed by atoms with van der Waals surface area (Å²) in [7, 11) is 0. The normalized spacial score (nSPS) is 16.0. The second-order valence-electron chi connectivity index (χ2n) is 7.22. The maximum absolute atomic E-state index is 13.5. The number of aryl methyl sites for hydroxylation is 1. The predicted molar refractivity (Wildman–Crippen MR) is 107 cm³/mol. The fourth-order valence-corrected chi connectivity index (χ4v) is 4.11. The van der Waals surface area contributed by atoms with Crippen molar-refractivity contribution in [3.63, 3.8) is 0 Å². The summed E-state index contributed by atoms with van der Waals surface area (Å²) >= 11 is 0. The maximum atomic E-state index is 13.5. The number of aromatic nitrogens is 1. The fourth-order valence-electron chi connectivity index (χ4n) is 4.11. The van der Waals surface area contributed by atoms with Crippen LogP contribution in [0.15, 0.2) is 48.5 Å². The molecule has 1 atom stereocenters. The minimum atomic E-state index is -0.272. The van der Waals surface area contributed by atoms with E-state index in [2.05, 4.69) is 22.0 Å². The smallest absolute Gasteiger partial charge is 0.230 e. The van der Waals surface area contributed by atoms with Gasteiger partial charge in [-0.25, -0.2) is 4.39 Å². The number of halogens is 1. The van der Waals surface area contributed by atoms with Crippen LogP contribution in [0, 0.1) is 12.7 Å². The number of hydrogen-bond acceptors (Lipinski definition) is 2. The quantitative estimate of drug-likeness (QED) is 0.760. The van der Waals surface area contributed by atoms with Crippen LogP contribution in [-0.4, -0.2) is 42.0 Å². The Morgan fingerprint density at radius 3 is 2.48 bits per heavy atom. The first-order valence-corrected chi connectivity index (χ1v) is 9.41. The fraction of sp³-hybridized carbons (Fsp3) is 0.318. The molecule has 0 bridgehead atoms. The zero-order chi connectivity index (χ0) is 19.0. The SMILES string of the molecule is Cc1[nH]c2cc(F)ccc2c1C(C)C(=O)N1CCN(c2ccccc2)CC1. The van der Waals surface area contributed by atoms with E-state index in [9.17, 15) is 9.18 Å². The van der Waals surface area contributed by atoms with Gasteiger partial charge in [-0.2, -0.15) is 0 Å². The second kappa shape index (κ2) is 7.06. The lowest BCUT2D eigenvalue weighted by atomic mass is 9.96. The molecule has 1 fully saturated rings. The monoisotopic (exact) mass is 365 g/mol. The molecule has 1 N–H and O–H groups in total. The molecule has 4 nitrogen and oxygen atoms in total. The van der Waals surface area contributed by atoms with Crippen molar-refractivity contribution in [2.45, 2.75) is 19.8 Å². The van der Waals surface area contributed by atoms with Crippen LogP contribution in [0.1, 0.15) is 24.1 Å². The molecule has 1 amide bonds. The van der Waals surface area contributed by atoms with Gasteiger partial charge in [0, 0.05) is 48.5 Å². The molecule has 4 rings (SSSR count). The van der Waals surface area contributed by atoms with Crippen molar-refractivity contribution in [1.29, 1.82) is 0 Å². The highest BCUT2D eigenvalue weighted by molar-refractivity contribution is 5.93. The Kier molecular flexibility index (Phi) is 4.60. The summed E-state index contributed by atoms with van der Waals surface area (Å²) in [6.45, 7) is 7.00. The van der Waals surface area contributed by atoms with Crippen molar-refractivity contribution >= 4 is 22.5 Å². The molecule has 0 spiro atoms. The lowest BCUT2D eigenvalue weighted by Gasteiger charge is -2.37. The first-order chi connectivity index (χ1) is 13.0. The van der Waals surface area contributed by atoms with Gasteiger partial charge in [-0.15, -0.1) is 0 Å². The minimum absolute atomic E-state index is 0.135. The first-order valence-electron chi connectivity index (χ1n) is 9.41. The number of H-pyrrole nitrogens is 1. The Morgan fingerprint density at radius 1 is 1.07 bits per heavy atom. The maximum Gasteiger partial charge on any atom is 0.230 e. The van der Waals surface area contributed by atoms with Gasteiger partial charge in [0.05, 0.1) is 5.92 Å². The highest BCUT2D eigenvalue weighted by atomic mass is 19.1. The van der Waals surface area contributed by atoms with Crippen molar-refractivity contribution in [3.8, 4) is 0 Å². The van der Waals surface area contributed by atoms with Crippen LogP contribution < -0.4 is 4.90 Å². The van der Waals surface area contributed by atoms with Gasteiger partial charge < -0.3 is 14.8 Å². The summed E-state index contributed by atoms with van der Waals surface area (Å²) in [5.74, 6) is -0.394. The average Bonchev–Trinajstić information content (AvgIpc) is 3.02. The number of benzene rings is 2. The third-order valence-electron chi connectivity index (χ3n) is 5.51. The number of fused-ring (bicyclic) bond motifs is 1. The number of para-hydroxylation sites is 1. The second-order valence-corrected chi connectivity index (χ2v) is 7.22. The highest BCUT2D eigenvalue weighted by Gasteiger charge is 2.28. The number of amides is 1. The van der Waals surface area contributed by atoms with E-state index in [1.165, 1.54) is 17.8 Å². The van der Waals surface area contributed by atoms with Crippen LogP contribution in [0.3, 0.4) is 0 Å². The topological polar surface area (TPSA) is 39.3 Å². The number of nitrogens with one attached hydrogen (secondary N) is 1. The zero-order valence-electron chi connectivity index (χ0n) is 15.7. The van der Waals surface area contributed by atoms with Crippen LogP contribution in [0.25, 0.3) is 10.9 Å². The molecule has 0 aliphatic carbocycles. The molecule has 5 heteroatoms. The summed E-state index contributed by atoms with van der Waals surface area (Å²) in [5.41, 5.74) is 3.85. The molecule has 1 aromatic heterocycles. The van der Waals surface area contributed by atoms with E-state index < -0.39 is 0 Å². The number of hydrogen-bond donors (Lipinski definition) is 1. The number of carbonyl (C=O) groups excluding carboxylic acids is 1. The summed E-state index contributed by atoms with van der Waals surface area (Å²) in [6, 6.07) is 15.0. The standard InChI is InChI=1S/C22H24FN3O/c1-15(21-16(2)24-20-14-17(23)8-9-19(20)21)22(27)26-12-10-25(11-13-26)18-6-4-3-5-7-18/h3-9,14-15,24H,10-13H2,1-2H3. The summed E-state index contributed by atoms with van der Waals surface area (Å²) in [4.78, 5) is 20.6. The van der Waals surface area contributed by atoms with Crippen LogP contribution in [0.4, 0.5) is 10.1 Å². The minimum Gasteiger partial charge on any atom is -0.368 e. The van der Waals surface area contributed by atoms with E-state index in [1.54, 1.807) is 6.07 Å². The largest absolute Gasteiger partial charge is 0.368 e. The first kappa shape index (κ1) is 17.6. The van der Waals surface area contributed by atoms with Crippen molar-refractivity contribution in [3.05, 3.63) is 65.6 Å². The van der Waals surface area contributed by atoms with Gasteiger partial charge in [0.2, 0.25) is 5.91 Å². The van der Waals surface area contributed by atoms with Crippen molar-refractivity contribution in [2.24, 2.45) is 0 Å². The van der Waals surface area contributed by atoms with E-state index in [4.69, 9.17) is 0 Å². The van der Waals surface area contributed by atoms with Crippen molar-refractivity contribution < 1.29 is 9.18 Å². The Balaban J connectivity index is 1.50. The van der Waals surface area contributed by atoms with E-state index in [0.717, 1.165) is 35.2 Å². The van der Waals surface area contributed by atoms with Gasteiger partial charge in [0.25, 0.3) is 0 Å². The number of carbonyl (C=O) groups is 1. The van der Waals surface area contributed by atoms with Gasteiger partial charge in [0.1, 0.15) is 5.82 Å². The molecule has 140 valence electrons. The third kappa shape index (κ3) is 3.29. The third-order valence-corrected chi connectivity index (χ3v) is 5.51. The number of aromatic amines is 1. The van der Waals surface area contributed by atoms with Gasteiger partial charge in [-0.3, -0.25) is 4.79 Å². The Morgan fingerprint density at radius 2 is 1.78 bits per heavy atom. The average molecular weight is 365 g/mol. The zero-order valence-corrected chi connectivity index (χ0v) is 15.7. The molecule has 1 saturated heterocycles. The molecule has 2 heterocycles. The molecule has 2 aromatic carbocycles. The Bertz CT molecular complexity index is 958. The van der Waals surface area contributed by atoms with Crippen LogP contribution >= 0.6 is 0 Å². The lowest BCUT2D eigenvalue weighted by molar-refractivity contribution is -0.132. The van der Waals surface area contributed by atoms with E-state index in [-0.39, 0.29) is 17.6 Å². The molecular formula is C22H24FN3O. The van der Waals surface area contributed by atoms with Crippen LogP contribution in [0.2, 0.25) is 0 Å². The molecule has 3 aromatic rings. The van der Waals surface area contributed by atoms with Gasteiger partial charge >= 0.3 is 0 Å². The van der Waals surface area contributed by atoms with Gasteiger partial charge in [-0.1, -0.05) is 18.2 Å². The van der Waals surface area contributed by atoms with E-state index in [1.807, 2.05) is 36.9 Å². The molecule has 1 aliphatic heterocycles. The molecular weight excluding hydrogens is 341 g/mol. The van der Waals surface area contributed by atoms with E-state index >= 15 is 0 Å². The number of rotatable bonds is 3. The lowest BCUT2D eigenvalue weighted by Crippen LogP contribution is -2.49. The molecule has 0 saturated carbocycles. The number of anilines is 1. The number of piperazine rings is 1. The summed E-state index contributed by atoms with van der Waals surface area (Å²) in [6.07, 6.45) is 0. The predicted octanol–water partition coefficient (Wildman–Crippen LogP) is 4.07. The summed E-state index contributed by atoms with van der Waals surface area (Å²) in [5, 5.41) is 0.928. The van der Waals surface area contributed by atoms with Gasteiger partial charge in [0.15, 0.2) is 0 Å². The van der Waals surface area contributed by atoms with Crippen molar-refractivity contribution in [1.82, 2.24) is 9.88 Å². The van der Waals surface area contributed by atoms with Crippen molar-refractivity contribution in [2.75, 3.05) is 31.1 Å².